The molecule has 0 fully saturated rings. The SMILES string of the molecule is COc1ccc(OC)c(NC(=O)CC(NCCCO)C(=O)O)c1. The number of carbonyl (C=O) groups excluding carboxylic acids is 1. The maximum atomic E-state index is 12.1. The molecule has 1 atom stereocenters. The topological polar surface area (TPSA) is 117 Å². The van der Waals surface area contributed by atoms with E-state index in [1.165, 1.54) is 14.2 Å². The van der Waals surface area contributed by atoms with Crippen LogP contribution in [0.1, 0.15) is 12.8 Å². The molecular weight excluding hydrogens is 304 g/mol. The van der Waals surface area contributed by atoms with Crippen molar-refractivity contribution in [3.05, 3.63) is 18.2 Å². The zero-order valence-electron chi connectivity index (χ0n) is 13.2. The number of ether oxygens (including phenoxy) is 2. The smallest absolute Gasteiger partial charge is 0.321 e. The number of benzene rings is 1. The highest BCUT2D eigenvalue weighted by atomic mass is 16.5. The van der Waals surface area contributed by atoms with Crippen molar-refractivity contribution in [3.63, 3.8) is 0 Å². The Kier molecular flexibility index (Phi) is 7.86. The second-order valence-corrected chi connectivity index (χ2v) is 4.74. The molecule has 8 heteroatoms. The third kappa shape index (κ3) is 6.13. The van der Waals surface area contributed by atoms with Crippen LogP contribution < -0.4 is 20.1 Å². The molecule has 0 aromatic heterocycles. The number of amides is 1. The van der Waals surface area contributed by atoms with E-state index < -0.39 is 17.9 Å². The zero-order chi connectivity index (χ0) is 17.2. The van der Waals surface area contributed by atoms with Gasteiger partial charge in [-0.2, -0.15) is 0 Å². The van der Waals surface area contributed by atoms with Gasteiger partial charge in [-0.05, 0) is 25.1 Å². The quantitative estimate of drug-likeness (QED) is 0.461. The Hall–Kier alpha value is -2.32. The summed E-state index contributed by atoms with van der Waals surface area (Å²) in [6.45, 7) is 0.260. The van der Waals surface area contributed by atoms with E-state index in [4.69, 9.17) is 19.7 Å². The van der Waals surface area contributed by atoms with Crippen LogP contribution in [0.25, 0.3) is 0 Å². The fourth-order valence-electron chi connectivity index (χ4n) is 1.90. The first kappa shape index (κ1) is 18.7. The van der Waals surface area contributed by atoms with Gasteiger partial charge in [-0.1, -0.05) is 0 Å². The Labute approximate surface area is 134 Å². The third-order valence-corrected chi connectivity index (χ3v) is 3.09. The van der Waals surface area contributed by atoms with Crippen molar-refractivity contribution in [2.45, 2.75) is 18.9 Å². The number of nitrogens with one attached hydrogen (secondary N) is 2. The summed E-state index contributed by atoms with van der Waals surface area (Å²) in [7, 11) is 2.97. The Morgan fingerprint density at radius 2 is 2.00 bits per heavy atom. The number of anilines is 1. The molecular formula is C15H22N2O6. The molecule has 0 saturated heterocycles. The fourth-order valence-corrected chi connectivity index (χ4v) is 1.90. The van der Waals surface area contributed by atoms with Gasteiger partial charge in [0.1, 0.15) is 17.5 Å². The average molecular weight is 326 g/mol. The van der Waals surface area contributed by atoms with Crippen molar-refractivity contribution < 1.29 is 29.3 Å². The van der Waals surface area contributed by atoms with Crippen LogP contribution in [-0.2, 0) is 9.59 Å². The van der Waals surface area contributed by atoms with Gasteiger partial charge >= 0.3 is 5.97 Å². The number of aliphatic hydroxyl groups is 1. The van der Waals surface area contributed by atoms with Gasteiger partial charge in [0, 0.05) is 12.7 Å². The van der Waals surface area contributed by atoms with E-state index in [0.717, 1.165) is 0 Å². The molecule has 1 unspecified atom stereocenters. The molecule has 128 valence electrons. The largest absolute Gasteiger partial charge is 0.497 e. The molecule has 0 aliphatic rings. The first-order chi connectivity index (χ1) is 11.0. The molecule has 0 spiro atoms. The van der Waals surface area contributed by atoms with Crippen molar-refractivity contribution in [3.8, 4) is 11.5 Å². The average Bonchev–Trinajstić information content (AvgIpc) is 2.53. The lowest BCUT2D eigenvalue weighted by atomic mass is 10.2. The fraction of sp³-hybridized carbons (Fsp3) is 0.467. The van der Waals surface area contributed by atoms with Gasteiger partial charge in [0.2, 0.25) is 5.91 Å². The molecule has 0 aliphatic heterocycles. The van der Waals surface area contributed by atoms with E-state index in [9.17, 15) is 9.59 Å². The Morgan fingerprint density at radius 3 is 2.57 bits per heavy atom. The van der Waals surface area contributed by atoms with E-state index >= 15 is 0 Å². The molecule has 1 rings (SSSR count). The van der Waals surface area contributed by atoms with Crippen LogP contribution in [0, 0.1) is 0 Å². The van der Waals surface area contributed by atoms with Gasteiger partial charge in [-0.15, -0.1) is 0 Å². The Balaban J connectivity index is 2.72. The standard InChI is InChI=1S/C15H22N2O6/c1-22-10-4-5-13(23-2)11(8-10)17-14(19)9-12(15(20)21)16-6-3-7-18/h4-5,8,12,16,18H,3,6-7,9H2,1-2H3,(H,17,19)(H,20,21). The van der Waals surface area contributed by atoms with E-state index in [-0.39, 0.29) is 13.0 Å². The van der Waals surface area contributed by atoms with Crippen molar-refractivity contribution in [2.24, 2.45) is 0 Å². The summed E-state index contributed by atoms with van der Waals surface area (Å²) in [6.07, 6.45) is 0.163. The first-order valence-corrected chi connectivity index (χ1v) is 7.10. The highest BCUT2D eigenvalue weighted by Gasteiger charge is 2.21. The number of rotatable bonds is 10. The minimum absolute atomic E-state index is 0.0491. The first-order valence-electron chi connectivity index (χ1n) is 7.10. The molecule has 4 N–H and O–H groups in total. The summed E-state index contributed by atoms with van der Waals surface area (Å²) in [5.74, 6) is -0.618. The minimum Gasteiger partial charge on any atom is -0.497 e. The summed E-state index contributed by atoms with van der Waals surface area (Å²) >= 11 is 0. The number of hydrogen-bond acceptors (Lipinski definition) is 6. The van der Waals surface area contributed by atoms with Crippen LogP contribution in [0.5, 0.6) is 11.5 Å². The number of carboxylic acids is 1. The second kappa shape index (κ2) is 9.65. The maximum absolute atomic E-state index is 12.1. The highest BCUT2D eigenvalue weighted by molar-refractivity contribution is 5.95. The molecule has 0 heterocycles. The summed E-state index contributed by atoms with van der Waals surface area (Å²) in [5.41, 5.74) is 0.399. The molecule has 23 heavy (non-hydrogen) atoms. The highest BCUT2D eigenvalue weighted by Crippen LogP contribution is 2.28. The predicted octanol–water partition coefficient (Wildman–Crippen LogP) is 0.458. The number of carboxylic acid groups (broad SMARTS) is 1. The number of aliphatic hydroxyl groups excluding tert-OH is 1. The summed E-state index contributed by atoms with van der Waals surface area (Å²) in [6, 6.07) is 3.89. The Bertz CT molecular complexity index is 535. The van der Waals surface area contributed by atoms with Crippen molar-refractivity contribution >= 4 is 17.6 Å². The zero-order valence-corrected chi connectivity index (χ0v) is 13.2. The van der Waals surface area contributed by atoms with Crippen molar-refractivity contribution in [1.29, 1.82) is 0 Å². The van der Waals surface area contributed by atoms with E-state index in [1.54, 1.807) is 18.2 Å². The van der Waals surface area contributed by atoms with E-state index in [1.807, 2.05) is 0 Å². The molecule has 0 saturated carbocycles. The van der Waals surface area contributed by atoms with Gasteiger partial charge in [0.15, 0.2) is 0 Å². The number of methoxy groups -OCH3 is 2. The molecule has 1 aromatic rings. The van der Waals surface area contributed by atoms with Crippen LogP contribution in [0.2, 0.25) is 0 Å². The van der Waals surface area contributed by atoms with E-state index in [2.05, 4.69) is 10.6 Å². The lowest BCUT2D eigenvalue weighted by Crippen LogP contribution is -2.40. The maximum Gasteiger partial charge on any atom is 0.321 e. The second-order valence-electron chi connectivity index (χ2n) is 4.74. The minimum atomic E-state index is -1.13. The molecule has 1 aromatic carbocycles. The van der Waals surface area contributed by atoms with Crippen molar-refractivity contribution in [1.82, 2.24) is 5.32 Å². The third-order valence-electron chi connectivity index (χ3n) is 3.09. The molecule has 0 bridgehead atoms. The lowest BCUT2D eigenvalue weighted by Gasteiger charge is -2.15. The van der Waals surface area contributed by atoms with Gasteiger partial charge in [-0.25, -0.2) is 0 Å². The van der Waals surface area contributed by atoms with Crippen LogP contribution >= 0.6 is 0 Å². The molecule has 1 amide bonds. The Morgan fingerprint density at radius 1 is 1.26 bits per heavy atom. The van der Waals surface area contributed by atoms with Crippen LogP contribution in [0.3, 0.4) is 0 Å². The predicted molar refractivity (Wildman–Crippen MR) is 83.9 cm³/mol. The van der Waals surface area contributed by atoms with Crippen LogP contribution in [0.4, 0.5) is 5.69 Å². The van der Waals surface area contributed by atoms with Gasteiger partial charge in [0.25, 0.3) is 0 Å². The summed E-state index contributed by atoms with van der Waals surface area (Å²) in [5, 5.41) is 23.2. The monoisotopic (exact) mass is 326 g/mol. The van der Waals surface area contributed by atoms with Gasteiger partial charge < -0.3 is 30.3 Å². The molecule has 0 aliphatic carbocycles. The number of hydrogen-bond donors (Lipinski definition) is 4. The molecule has 0 radical (unpaired) electrons. The van der Waals surface area contributed by atoms with Crippen LogP contribution in [-0.4, -0.2) is 55.5 Å². The van der Waals surface area contributed by atoms with E-state index in [0.29, 0.717) is 30.2 Å². The summed E-state index contributed by atoms with van der Waals surface area (Å²) in [4.78, 5) is 23.2. The van der Waals surface area contributed by atoms with Crippen molar-refractivity contribution in [2.75, 3.05) is 32.7 Å². The molecule has 8 nitrogen and oxygen atoms in total. The lowest BCUT2D eigenvalue weighted by molar-refractivity contribution is -0.141. The van der Waals surface area contributed by atoms with Crippen LogP contribution in [0.15, 0.2) is 18.2 Å². The van der Waals surface area contributed by atoms with Gasteiger partial charge in [-0.3, -0.25) is 9.59 Å². The number of aliphatic carboxylic acids is 1. The number of carbonyl (C=O) groups is 2. The summed E-state index contributed by atoms with van der Waals surface area (Å²) < 4.78 is 10.2. The van der Waals surface area contributed by atoms with Gasteiger partial charge in [0.05, 0.1) is 26.3 Å². The normalized spacial score (nSPS) is 11.6.